The second-order valence-corrected chi connectivity index (χ2v) is 9.09. The minimum atomic E-state index is -0.0684. The number of nitrogens with one attached hydrogen (secondary N) is 1. The first-order valence-electron chi connectivity index (χ1n) is 11.5. The maximum Gasteiger partial charge on any atom is 0.234 e. The van der Waals surface area contributed by atoms with Crippen LogP contribution in [-0.4, -0.2) is 31.4 Å². The van der Waals surface area contributed by atoms with Crippen molar-refractivity contribution in [3.8, 4) is 22.6 Å². The zero-order valence-electron chi connectivity index (χ0n) is 19.6. The number of para-hydroxylation sites is 2. The van der Waals surface area contributed by atoms with Crippen LogP contribution in [0.25, 0.3) is 33.5 Å². The third kappa shape index (κ3) is 4.81. The van der Waals surface area contributed by atoms with Gasteiger partial charge in [-0.15, -0.1) is 10.2 Å². The van der Waals surface area contributed by atoms with Gasteiger partial charge in [-0.1, -0.05) is 85.4 Å². The van der Waals surface area contributed by atoms with Gasteiger partial charge in [-0.3, -0.25) is 4.79 Å². The van der Waals surface area contributed by atoms with Gasteiger partial charge >= 0.3 is 0 Å². The molecule has 0 aliphatic heterocycles. The van der Waals surface area contributed by atoms with E-state index in [0.29, 0.717) is 5.16 Å². The number of amides is 1. The second kappa shape index (κ2) is 10.1. The Hall–Kier alpha value is -3.97. The molecule has 0 radical (unpaired) electrons. The van der Waals surface area contributed by atoms with Gasteiger partial charge in [0.15, 0.2) is 11.0 Å². The Morgan fingerprint density at radius 3 is 2.51 bits per heavy atom. The van der Waals surface area contributed by atoms with E-state index >= 15 is 0 Å². The lowest BCUT2D eigenvalue weighted by Crippen LogP contribution is -2.15. The molecule has 6 nitrogen and oxygen atoms in total. The fraction of sp³-hybridized carbons (Fsp3) is 0.143. The van der Waals surface area contributed by atoms with E-state index in [-0.39, 0.29) is 11.7 Å². The summed E-state index contributed by atoms with van der Waals surface area (Å²) in [6.45, 7) is 2.08. The van der Waals surface area contributed by atoms with Crippen LogP contribution in [0.5, 0.6) is 0 Å². The van der Waals surface area contributed by atoms with Crippen molar-refractivity contribution >= 4 is 34.3 Å². The summed E-state index contributed by atoms with van der Waals surface area (Å²) in [6.07, 6.45) is 0.862. The lowest BCUT2D eigenvalue weighted by Gasteiger charge is -2.11. The molecule has 35 heavy (non-hydrogen) atoms. The summed E-state index contributed by atoms with van der Waals surface area (Å²) >= 11 is 1.37. The molecule has 174 valence electrons. The van der Waals surface area contributed by atoms with Crippen molar-refractivity contribution in [1.82, 2.24) is 19.7 Å². The molecule has 0 unspecified atom stereocenters. The van der Waals surface area contributed by atoms with Gasteiger partial charge in [0.25, 0.3) is 0 Å². The monoisotopic (exact) mass is 479 g/mol. The standard InChI is InChI=1S/C28H25N5OS/c1-3-19-11-7-9-15-23(19)30-26(34)18-35-28-32-31-27(33(28)2)22-17-25(20-12-5-4-6-13-20)29-24-16-10-8-14-21(22)24/h4-17H,3,18H2,1-2H3,(H,30,34). The van der Waals surface area contributed by atoms with Crippen LogP contribution in [0.2, 0.25) is 0 Å². The van der Waals surface area contributed by atoms with Gasteiger partial charge in [-0.05, 0) is 30.2 Å². The van der Waals surface area contributed by atoms with E-state index < -0.39 is 0 Å². The third-order valence-corrected chi connectivity index (χ3v) is 6.89. The topological polar surface area (TPSA) is 72.7 Å². The Kier molecular flexibility index (Phi) is 6.59. The van der Waals surface area contributed by atoms with Gasteiger partial charge in [-0.2, -0.15) is 0 Å². The zero-order valence-corrected chi connectivity index (χ0v) is 20.4. The number of hydrogen-bond donors (Lipinski definition) is 1. The number of rotatable bonds is 7. The van der Waals surface area contributed by atoms with Crippen molar-refractivity contribution < 1.29 is 4.79 Å². The predicted molar refractivity (Wildman–Crippen MR) is 142 cm³/mol. The first-order chi connectivity index (χ1) is 17.1. The molecule has 5 rings (SSSR count). The van der Waals surface area contributed by atoms with Gasteiger partial charge in [-0.25, -0.2) is 4.98 Å². The van der Waals surface area contributed by atoms with E-state index in [1.807, 2.05) is 90.5 Å². The van der Waals surface area contributed by atoms with E-state index in [2.05, 4.69) is 28.5 Å². The summed E-state index contributed by atoms with van der Waals surface area (Å²) in [6, 6.07) is 28.1. The van der Waals surface area contributed by atoms with Gasteiger partial charge in [0.05, 0.1) is 17.0 Å². The van der Waals surface area contributed by atoms with Crippen LogP contribution in [0.3, 0.4) is 0 Å². The average molecular weight is 480 g/mol. The number of aromatic nitrogens is 4. The summed E-state index contributed by atoms with van der Waals surface area (Å²) in [7, 11) is 1.93. The molecule has 0 aliphatic rings. The van der Waals surface area contributed by atoms with Gasteiger partial charge in [0, 0.05) is 29.2 Å². The number of carbonyl (C=O) groups is 1. The molecule has 2 heterocycles. The number of benzene rings is 3. The highest BCUT2D eigenvalue weighted by Gasteiger charge is 2.17. The van der Waals surface area contributed by atoms with Crippen LogP contribution in [0.1, 0.15) is 12.5 Å². The number of hydrogen-bond acceptors (Lipinski definition) is 5. The largest absolute Gasteiger partial charge is 0.325 e. The lowest BCUT2D eigenvalue weighted by molar-refractivity contribution is -0.113. The first kappa shape index (κ1) is 22.8. The molecular formula is C28H25N5OS. The molecule has 0 saturated heterocycles. The molecular weight excluding hydrogens is 454 g/mol. The molecule has 0 bridgehead atoms. The summed E-state index contributed by atoms with van der Waals surface area (Å²) in [5.74, 6) is 0.914. The van der Waals surface area contributed by atoms with Crippen LogP contribution < -0.4 is 5.32 Å². The summed E-state index contributed by atoms with van der Waals surface area (Å²) < 4.78 is 1.94. The molecule has 0 aliphatic carbocycles. The summed E-state index contributed by atoms with van der Waals surface area (Å²) in [5, 5.41) is 13.6. The SMILES string of the molecule is CCc1ccccc1NC(=O)CSc1nnc(-c2cc(-c3ccccc3)nc3ccccc23)n1C. The van der Waals surface area contributed by atoms with Crippen LogP contribution in [0.15, 0.2) is 90.1 Å². The number of thioether (sulfide) groups is 1. The van der Waals surface area contributed by atoms with Crippen LogP contribution in [0.4, 0.5) is 5.69 Å². The highest BCUT2D eigenvalue weighted by Crippen LogP contribution is 2.32. The van der Waals surface area contributed by atoms with Crippen LogP contribution in [0, 0.1) is 0 Å². The Morgan fingerprint density at radius 2 is 1.69 bits per heavy atom. The molecule has 5 aromatic rings. The number of fused-ring (bicyclic) bond motifs is 1. The predicted octanol–water partition coefficient (Wildman–Crippen LogP) is 5.99. The van der Waals surface area contributed by atoms with Crippen molar-refractivity contribution in [1.29, 1.82) is 0 Å². The molecule has 1 amide bonds. The van der Waals surface area contributed by atoms with Crippen molar-refractivity contribution in [3.05, 3.63) is 90.5 Å². The molecule has 1 N–H and O–H groups in total. The molecule has 2 aromatic heterocycles. The highest BCUT2D eigenvalue weighted by molar-refractivity contribution is 7.99. The zero-order chi connectivity index (χ0) is 24.2. The quantitative estimate of drug-likeness (QED) is 0.290. The normalized spacial score (nSPS) is 11.0. The van der Waals surface area contributed by atoms with Gasteiger partial charge < -0.3 is 9.88 Å². The number of pyridine rings is 1. The maximum absolute atomic E-state index is 12.6. The fourth-order valence-corrected chi connectivity index (χ4v) is 4.77. The van der Waals surface area contributed by atoms with Crippen LogP contribution >= 0.6 is 11.8 Å². The number of nitrogens with zero attached hydrogens (tertiary/aromatic N) is 4. The van der Waals surface area contributed by atoms with E-state index in [9.17, 15) is 4.79 Å². The van der Waals surface area contributed by atoms with E-state index in [0.717, 1.165) is 51.2 Å². The van der Waals surface area contributed by atoms with E-state index in [1.165, 1.54) is 11.8 Å². The number of aryl methyl sites for hydroxylation is 1. The Labute approximate surface area is 208 Å². The highest BCUT2D eigenvalue weighted by atomic mass is 32.2. The second-order valence-electron chi connectivity index (χ2n) is 8.15. The third-order valence-electron chi connectivity index (χ3n) is 5.87. The Balaban J connectivity index is 1.42. The minimum Gasteiger partial charge on any atom is -0.325 e. The Morgan fingerprint density at radius 1 is 0.943 bits per heavy atom. The summed E-state index contributed by atoms with van der Waals surface area (Å²) in [5.41, 5.74) is 5.75. The van der Waals surface area contributed by atoms with Crippen molar-refractivity contribution in [3.63, 3.8) is 0 Å². The van der Waals surface area contributed by atoms with Gasteiger partial charge in [0.2, 0.25) is 5.91 Å². The first-order valence-corrected chi connectivity index (χ1v) is 12.5. The van der Waals surface area contributed by atoms with Crippen molar-refractivity contribution in [2.45, 2.75) is 18.5 Å². The molecule has 0 fully saturated rings. The van der Waals surface area contributed by atoms with Crippen molar-refractivity contribution in [2.24, 2.45) is 7.05 Å². The maximum atomic E-state index is 12.6. The Bertz CT molecular complexity index is 1500. The van der Waals surface area contributed by atoms with Crippen molar-refractivity contribution in [2.75, 3.05) is 11.1 Å². The average Bonchev–Trinajstić information content (AvgIpc) is 3.27. The lowest BCUT2D eigenvalue weighted by atomic mass is 10.0. The molecule has 0 atom stereocenters. The molecule has 0 saturated carbocycles. The minimum absolute atomic E-state index is 0.0684. The smallest absolute Gasteiger partial charge is 0.234 e. The summed E-state index contributed by atoms with van der Waals surface area (Å²) in [4.78, 5) is 17.5. The number of carbonyl (C=O) groups excluding carboxylic acids is 1. The van der Waals surface area contributed by atoms with Crippen LogP contribution in [-0.2, 0) is 18.3 Å². The van der Waals surface area contributed by atoms with E-state index in [1.54, 1.807) is 0 Å². The molecule has 7 heteroatoms. The number of anilines is 1. The molecule has 0 spiro atoms. The fourth-order valence-electron chi connectivity index (χ4n) is 4.06. The van der Waals surface area contributed by atoms with Gasteiger partial charge in [0.1, 0.15) is 0 Å². The molecule has 3 aromatic carbocycles. The van der Waals surface area contributed by atoms with E-state index in [4.69, 9.17) is 4.98 Å².